The standard InChI is InChI=1S/C28H28N2O6/c1-3-34-23-11-9-19(13-25(23)33-2)22(30-16-20-6-4-5-7-21(20)28(30)32)14-27(31)29-15-18-8-10-24-26(12-18)36-17-35-24/h4-13,22H,3,14-17H2,1-2H3,(H,29,31). The highest BCUT2D eigenvalue weighted by Crippen LogP contribution is 2.37. The van der Waals surface area contributed by atoms with E-state index in [2.05, 4.69) is 5.32 Å². The van der Waals surface area contributed by atoms with E-state index in [4.69, 9.17) is 18.9 Å². The molecule has 8 nitrogen and oxygen atoms in total. The van der Waals surface area contributed by atoms with Crippen LogP contribution in [0.15, 0.2) is 60.7 Å². The predicted molar refractivity (Wildman–Crippen MR) is 132 cm³/mol. The lowest BCUT2D eigenvalue weighted by Crippen LogP contribution is -2.34. The number of rotatable bonds is 9. The average molecular weight is 489 g/mol. The lowest BCUT2D eigenvalue weighted by molar-refractivity contribution is -0.122. The molecule has 2 aliphatic rings. The van der Waals surface area contributed by atoms with Gasteiger partial charge in [-0.1, -0.05) is 30.3 Å². The molecule has 3 aromatic carbocycles. The first-order chi connectivity index (χ1) is 17.6. The number of methoxy groups -OCH3 is 1. The molecule has 2 heterocycles. The lowest BCUT2D eigenvalue weighted by Gasteiger charge is -2.28. The maximum atomic E-state index is 13.3. The van der Waals surface area contributed by atoms with Gasteiger partial charge in [-0.3, -0.25) is 9.59 Å². The van der Waals surface area contributed by atoms with E-state index >= 15 is 0 Å². The number of fused-ring (bicyclic) bond motifs is 2. The summed E-state index contributed by atoms with van der Waals surface area (Å²) < 4.78 is 22.0. The molecule has 2 amide bonds. The van der Waals surface area contributed by atoms with Gasteiger partial charge in [-0.2, -0.15) is 0 Å². The molecule has 0 spiro atoms. The number of hydrogen-bond donors (Lipinski definition) is 1. The molecule has 3 aromatic rings. The molecule has 5 rings (SSSR count). The van der Waals surface area contributed by atoms with E-state index in [1.807, 2.05) is 67.6 Å². The maximum absolute atomic E-state index is 13.3. The van der Waals surface area contributed by atoms with E-state index in [1.54, 1.807) is 12.0 Å². The highest BCUT2D eigenvalue weighted by atomic mass is 16.7. The van der Waals surface area contributed by atoms with Gasteiger partial charge in [-0.05, 0) is 53.9 Å². The minimum Gasteiger partial charge on any atom is -0.493 e. The number of nitrogens with zero attached hydrogens (tertiary/aromatic N) is 1. The van der Waals surface area contributed by atoms with E-state index in [1.165, 1.54) is 0 Å². The Labute approximate surface area is 209 Å². The van der Waals surface area contributed by atoms with Gasteiger partial charge in [0.1, 0.15) is 0 Å². The van der Waals surface area contributed by atoms with Crippen LogP contribution >= 0.6 is 0 Å². The molecule has 0 radical (unpaired) electrons. The van der Waals surface area contributed by atoms with Crippen LogP contribution in [-0.2, 0) is 17.9 Å². The van der Waals surface area contributed by atoms with Crippen LogP contribution in [0.3, 0.4) is 0 Å². The molecular weight excluding hydrogens is 460 g/mol. The summed E-state index contributed by atoms with van der Waals surface area (Å²) >= 11 is 0. The molecular formula is C28H28N2O6. The summed E-state index contributed by atoms with van der Waals surface area (Å²) in [5, 5.41) is 2.98. The largest absolute Gasteiger partial charge is 0.493 e. The van der Waals surface area contributed by atoms with Crippen molar-refractivity contribution < 1.29 is 28.5 Å². The molecule has 2 aliphatic heterocycles. The molecule has 0 bridgehead atoms. The first-order valence-corrected chi connectivity index (χ1v) is 11.9. The molecule has 0 saturated heterocycles. The minimum atomic E-state index is -0.480. The van der Waals surface area contributed by atoms with Crippen molar-refractivity contribution in [2.75, 3.05) is 20.5 Å². The molecule has 36 heavy (non-hydrogen) atoms. The van der Waals surface area contributed by atoms with Crippen molar-refractivity contribution in [2.45, 2.75) is 32.5 Å². The Kier molecular flexibility index (Phi) is 6.66. The summed E-state index contributed by atoms with van der Waals surface area (Å²) in [7, 11) is 1.57. The summed E-state index contributed by atoms with van der Waals surface area (Å²) in [4.78, 5) is 28.2. The first kappa shape index (κ1) is 23.5. The van der Waals surface area contributed by atoms with Crippen molar-refractivity contribution in [3.05, 3.63) is 82.9 Å². The molecule has 186 valence electrons. The average Bonchev–Trinajstić information content (AvgIpc) is 3.50. The van der Waals surface area contributed by atoms with Crippen LogP contribution in [0.25, 0.3) is 0 Å². The smallest absolute Gasteiger partial charge is 0.255 e. The number of carbonyl (C=O) groups excluding carboxylic acids is 2. The van der Waals surface area contributed by atoms with Crippen LogP contribution in [-0.4, -0.2) is 37.2 Å². The third-order valence-corrected chi connectivity index (χ3v) is 6.40. The van der Waals surface area contributed by atoms with Gasteiger partial charge in [-0.25, -0.2) is 0 Å². The van der Waals surface area contributed by atoms with Gasteiger partial charge in [0, 0.05) is 18.7 Å². The number of benzene rings is 3. The third-order valence-electron chi connectivity index (χ3n) is 6.40. The second-order valence-corrected chi connectivity index (χ2v) is 8.62. The lowest BCUT2D eigenvalue weighted by atomic mass is 10.0. The minimum absolute atomic E-state index is 0.0907. The Morgan fingerprint density at radius 2 is 1.89 bits per heavy atom. The van der Waals surface area contributed by atoms with Crippen molar-refractivity contribution in [1.82, 2.24) is 10.2 Å². The quantitative estimate of drug-likeness (QED) is 0.485. The van der Waals surface area contributed by atoms with Crippen LogP contribution in [0, 0.1) is 0 Å². The summed E-state index contributed by atoms with van der Waals surface area (Å²) in [5.74, 6) is 2.28. The number of carbonyl (C=O) groups is 2. The number of nitrogens with one attached hydrogen (secondary N) is 1. The first-order valence-electron chi connectivity index (χ1n) is 11.9. The number of ether oxygens (including phenoxy) is 4. The second kappa shape index (κ2) is 10.2. The van der Waals surface area contributed by atoms with Crippen LogP contribution in [0.1, 0.15) is 46.4 Å². The maximum Gasteiger partial charge on any atom is 0.255 e. The summed E-state index contributed by atoms with van der Waals surface area (Å²) in [6.07, 6.45) is 0.0986. The Morgan fingerprint density at radius 3 is 2.69 bits per heavy atom. The fourth-order valence-corrected chi connectivity index (χ4v) is 4.60. The number of hydrogen-bond acceptors (Lipinski definition) is 6. The monoisotopic (exact) mass is 488 g/mol. The SMILES string of the molecule is CCOc1ccc(C(CC(=O)NCc2ccc3c(c2)OCO3)N2Cc3ccccc3C2=O)cc1OC. The van der Waals surface area contributed by atoms with E-state index in [0.717, 1.165) is 16.7 Å². The van der Waals surface area contributed by atoms with Crippen LogP contribution in [0.5, 0.6) is 23.0 Å². The summed E-state index contributed by atoms with van der Waals surface area (Å²) in [5.41, 5.74) is 3.32. The van der Waals surface area contributed by atoms with Crippen molar-refractivity contribution in [1.29, 1.82) is 0 Å². The number of amides is 2. The zero-order valence-corrected chi connectivity index (χ0v) is 20.3. The Hall–Kier alpha value is -4.20. The molecule has 1 N–H and O–H groups in total. The van der Waals surface area contributed by atoms with E-state index in [9.17, 15) is 9.59 Å². The van der Waals surface area contributed by atoms with Gasteiger partial charge in [0.05, 0.1) is 26.2 Å². The molecule has 1 unspecified atom stereocenters. The Balaban J connectivity index is 1.37. The molecule has 1 atom stereocenters. The van der Waals surface area contributed by atoms with Gasteiger partial charge >= 0.3 is 0 Å². The summed E-state index contributed by atoms with van der Waals surface area (Å²) in [6, 6.07) is 18.2. The third kappa shape index (κ3) is 4.66. The van der Waals surface area contributed by atoms with Gasteiger partial charge < -0.3 is 29.2 Å². The fraction of sp³-hybridized carbons (Fsp3) is 0.286. The van der Waals surface area contributed by atoms with Gasteiger partial charge in [0.15, 0.2) is 23.0 Å². The van der Waals surface area contributed by atoms with Crippen molar-refractivity contribution in [2.24, 2.45) is 0 Å². The van der Waals surface area contributed by atoms with Gasteiger partial charge in [0.25, 0.3) is 5.91 Å². The normalized spacial score (nSPS) is 14.4. The Morgan fingerprint density at radius 1 is 1.06 bits per heavy atom. The zero-order chi connectivity index (χ0) is 25.1. The molecule has 0 aliphatic carbocycles. The molecule has 0 aromatic heterocycles. The topological polar surface area (TPSA) is 86.3 Å². The van der Waals surface area contributed by atoms with Crippen molar-refractivity contribution in [3.63, 3.8) is 0 Å². The Bertz CT molecular complexity index is 1290. The van der Waals surface area contributed by atoms with Crippen molar-refractivity contribution >= 4 is 11.8 Å². The van der Waals surface area contributed by atoms with Crippen LogP contribution in [0.2, 0.25) is 0 Å². The fourth-order valence-electron chi connectivity index (χ4n) is 4.60. The van der Waals surface area contributed by atoms with Crippen molar-refractivity contribution in [3.8, 4) is 23.0 Å². The highest BCUT2D eigenvalue weighted by Gasteiger charge is 2.34. The molecule has 0 saturated carbocycles. The van der Waals surface area contributed by atoms with E-state index in [-0.39, 0.29) is 25.0 Å². The van der Waals surface area contributed by atoms with E-state index < -0.39 is 6.04 Å². The van der Waals surface area contributed by atoms with Gasteiger partial charge in [0.2, 0.25) is 12.7 Å². The van der Waals surface area contributed by atoms with E-state index in [0.29, 0.717) is 48.3 Å². The van der Waals surface area contributed by atoms with Crippen LogP contribution < -0.4 is 24.3 Å². The second-order valence-electron chi connectivity index (χ2n) is 8.62. The van der Waals surface area contributed by atoms with Crippen LogP contribution in [0.4, 0.5) is 0 Å². The predicted octanol–water partition coefficient (Wildman–Crippen LogP) is 4.23. The van der Waals surface area contributed by atoms with Gasteiger partial charge in [-0.15, -0.1) is 0 Å². The molecule has 0 fully saturated rings. The highest BCUT2D eigenvalue weighted by molar-refractivity contribution is 5.98. The molecule has 8 heteroatoms. The zero-order valence-electron chi connectivity index (χ0n) is 20.3. The summed E-state index contributed by atoms with van der Waals surface area (Å²) in [6.45, 7) is 3.38.